The first-order valence-corrected chi connectivity index (χ1v) is 9.90. The Hall–Kier alpha value is -2.65. The predicted molar refractivity (Wildman–Crippen MR) is 103 cm³/mol. The number of benzene rings is 1. The quantitative estimate of drug-likeness (QED) is 0.707. The van der Waals surface area contributed by atoms with Crippen LogP contribution in [0.15, 0.2) is 29.9 Å². The summed E-state index contributed by atoms with van der Waals surface area (Å²) in [4.78, 5) is 10.8. The highest BCUT2D eigenvalue weighted by atomic mass is 32.1. The number of phenolic OH excluding ortho intramolecular Hbond substituents is 1. The van der Waals surface area contributed by atoms with Crippen LogP contribution in [-0.4, -0.2) is 55.3 Å². The molecule has 1 aromatic carbocycles. The van der Waals surface area contributed by atoms with Crippen LogP contribution >= 0.6 is 11.5 Å². The number of hydrogen-bond donors (Lipinski definition) is 2. The Labute approximate surface area is 160 Å². The summed E-state index contributed by atoms with van der Waals surface area (Å²) >= 11 is 1.28. The maximum Gasteiger partial charge on any atom is 0.245 e. The van der Waals surface area contributed by atoms with E-state index in [1.54, 1.807) is 23.8 Å². The Morgan fingerprint density at radius 3 is 2.81 bits per heavy atom. The lowest BCUT2D eigenvalue weighted by Crippen LogP contribution is -2.52. The predicted octanol–water partition coefficient (Wildman–Crippen LogP) is 1.95. The Morgan fingerprint density at radius 1 is 1.19 bits per heavy atom. The number of phenols is 1. The van der Waals surface area contributed by atoms with Crippen LogP contribution in [0.4, 0.5) is 5.95 Å². The molecule has 2 fully saturated rings. The highest BCUT2D eigenvalue weighted by Crippen LogP contribution is 2.34. The summed E-state index contributed by atoms with van der Waals surface area (Å²) in [5.74, 6) is 2.16. The molecule has 1 aliphatic heterocycles. The number of hydrogen-bond acceptors (Lipinski definition) is 9. The molecule has 1 saturated heterocycles. The molecule has 0 unspecified atom stereocenters. The molecule has 9 heteroatoms. The maximum atomic E-state index is 10.4. The molecule has 1 atom stereocenters. The topological polar surface area (TPSA) is 100.0 Å². The van der Waals surface area contributed by atoms with Crippen LogP contribution in [0, 0.1) is 5.92 Å². The summed E-state index contributed by atoms with van der Waals surface area (Å²) in [5, 5.41) is 22.6. The molecule has 5 rings (SSSR count). The summed E-state index contributed by atoms with van der Waals surface area (Å²) in [5.41, 5.74) is 3.57. The van der Waals surface area contributed by atoms with Gasteiger partial charge in [0, 0.05) is 36.8 Å². The van der Waals surface area contributed by atoms with Crippen LogP contribution in [0.2, 0.25) is 0 Å². The minimum atomic E-state index is 0.113. The smallest absolute Gasteiger partial charge is 0.245 e. The van der Waals surface area contributed by atoms with Gasteiger partial charge < -0.3 is 15.3 Å². The van der Waals surface area contributed by atoms with E-state index in [4.69, 9.17) is 0 Å². The van der Waals surface area contributed by atoms with Gasteiger partial charge in [-0.3, -0.25) is 0 Å². The number of anilines is 1. The third-order valence-electron chi connectivity index (χ3n) is 5.12. The van der Waals surface area contributed by atoms with Crippen LogP contribution in [0.1, 0.15) is 12.8 Å². The van der Waals surface area contributed by atoms with Gasteiger partial charge in [-0.15, -0.1) is 10.2 Å². The normalized spacial score (nSPS) is 20.0. The Bertz CT molecular complexity index is 927. The molecule has 1 saturated carbocycles. The molecule has 2 aromatic heterocycles. The van der Waals surface area contributed by atoms with Gasteiger partial charge in [-0.25, -0.2) is 9.97 Å². The summed E-state index contributed by atoms with van der Waals surface area (Å²) in [6.07, 6.45) is 4.30. The molecule has 2 N–H and O–H groups in total. The zero-order valence-corrected chi connectivity index (χ0v) is 15.4. The van der Waals surface area contributed by atoms with Gasteiger partial charge in [0.25, 0.3) is 0 Å². The number of aromatic hydroxyl groups is 1. The molecule has 3 aromatic rings. The van der Waals surface area contributed by atoms with Gasteiger partial charge in [0.15, 0.2) is 5.82 Å². The van der Waals surface area contributed by atoms with Crippen molar-refractivity contribution < 1.29 is 5.11 Å². The molecular formula is C18H19N7OS. The number of nitrogens with one attached hydrogen (secondary N) is 1. The van der Waals surface area contributed by atoms with Crippen molar-refractivity contribution in [3.8, 4) is 28.4 Å². The fourth-order valence-corrected chi connectivity index (χ4v) is 3.94. The average molecular weight is 381 g/mol. The van der Waals surface area contributed by atoms with Crippen molar-refractivity contribution in [2.45, 2.75) is 18.9 Å². The van der Waals surface area contributed by atoms with E-state index in [0.29, 0.717) is 29.1 Å². The largest absolute Gasteiger partial charge is 0.507 e. The van der Waals surface area contributed by atoms with E-state index in [-0.39, 0.29) is 5.75 Å². The molecule has 8 nitrogen and oxygen atoms in total. The van der Waals surface area contributed by atoms with Crippen LogP contribution in [0.5, 0.6) is 5.75 Å². The standard InChI is InChI=1S/C18H19N7OS/c26-16-7-12(17-21-10-27-24-17)3-4-13(16)14-8-20-18(23-22-14)25-6-5-19-15(9-25)11-1-2-11/h3-4,7-8,10-11,15,19,26H,1-2,5-6,9H2/t15-/m1/s1. The van der Waals surface area contributed by atoms with Gasteiger partial charge in [-0.05, 0) is 42.4 Å². The van der Waals surface area contributed by atoms with Crippen molar-refractivity contribution >= 4 is 17.5 Å². The highest BCUT2D eigenvalue weighted by Gasteiger charge is 2.34. The molecule has 0 amide bonds. The van der Waals surface area contributed by atoms with Crippen molar-refractivity contribution in [1.82, 2.24) is 29.9 Å². The van der Waals surface area contributed by atoms with Gasteiger partial charge in [0.1, 0.15) is 17.0 Å². The summed E-state index contributed by atoms with van der Waals surface area (Å²) < 4.78 is 4.18. The van der Waals surface area contributed by atoms with Gasteiger partial charge >= 0.3 is 0 Å². The SMILES string of the molecule is Oc1cc(-c2ncsn2)ccc1-c1cnc(N2CCN[C@@H](C3CC3)C2)nn1. The highest BCUT2D eigenvalue weighted by molar-refractivity contribution is 7.03. The third kappa shape index (κ3) is 3.35. The van der Waals surface area contributed by atoms with Crippen LogP contribution in [0.3, 0.4) is 0 Å². The second kappa shape index (κ2) is 6.82. The molecular weight excluding hydrogens is 362 g/mol. The van der Waals surface area contributed by atoms with Crippen molar-refractivity contribution in [3.05, 3.63) is 29.9 Å². The van der Waals surface area contributed by atoms with Crippen molar-refractivity contribution in [3.63, 3.8) is 0 Å². The van der Waals surface area contributed by atoms with Gasteiger partial charge in [-0.2, -0.15) is 4.37 Å². The fourth-order valence-electron chi connectivity index (χ4n) is 3.50. The summed E-state index contributed by atoms with van der Waals surface area (Å²) in [6, 6.07) is 5.83. The average Bonchev–Trinajstić information content (AvgIpc) is 3.42. The van der Waals surface area contributed by atoms with Gasteiger partial charge in [0.2, 0.25) is 5.95 Å². The van der Waals surface area contributed by atoms with Gasteiger partial charge in [-0.1, -0.05) is 6.07 Å². The fraction of sp³-hybridized carbons (Fsp3) is 0.389. The third-order valence-corrected chi connectivity index (χ3v) is 5.60. The lowest BCUT2D eigenvalue weighted by molar-refractivity contribution is 0.414. The zero-order valence-electron chi connectivity index (χ0n) is 14.6. The van der Waals surface area contributed by atoms with E-state index >= 15 is 0 Å². The molecule has 0 bridgehead atoms. The molecule has 1 aliphatic carbocycles. The first kappa shape index (κ1) is 16.5. The van der Waals surface area contributed by atoms with E-state index in [9.17, 15) is 5.11 Å². The second-order valence-electron chi connectivity index (χ2n) is 6.97. The van der Waals surface area contributed by atoms with Crippen LogP contribution in [0.25, 0.3) is 22.6 Å². The zero-order chi connectivity index (χ0) is 18.2. The van der Waals surface area contributed by atoms with E-state index in [0.717, 1.165) is 31.1 Å². The first-order chi connectivity index (χ1) is 13.3. The Balaban J connectivity index is 1.35. The van der Waals surface area contributed by atoms with Crippen molar-refractivity contribution in [2.75, 3.05) is 24.5 Å². The first-order valence-electron chi connectivity index (χ1n) is 9.06. The minimum Gasteiger partial charge on any atom is -0.507 e. The number of piperazine rings is 1. The maximum absolute atomic E-state index is 10.4. The molecule has 27 heavy (non-hydrogen) atoms. The summed E-state index contributed by atoms with van der Waals surface area (Å²) in [7, 11) is 0. The van der Waals surface area contributed by atoms with Crippen molar-refractivity contribution in [1.29, 1.82) is 0 Å². The molecule has 138 valence electrons. The van der Waals surface area contributed by atoms with Gasteiger partial charge in [0.05, 0.1) is 6.20 Å². The van der Waals surface area contributed by atoms with E-state index in [1.165, 1.54) is 24.4 Å². The monoisotopic (exact) mass is 381 g/mol. The molecule has 0 spiro atoms. The van der Waals surface area contributed by atoms with Crippen LogP contribution in [-0.2, 0) is 0 Å². The van der Waals surface area contributed by atoms with E-state index in [1.807, 2.05) is 6.07 Å². The Morgan fingerprint density at radius 2 is 2.11 bits per heavy atom. The van der Waals surface area contributed by atoms with Crippen molar-refractivity contribution in [2.24, 2.45) is 5.92 Å². The van der Waals surface area contributed by atoms with E-state index < -0.39 is 0 Å². The Kier molecular flexibility index (Phi) is 4.17. The lowest BCUT2D eigenvalue weighted by atomic mass is 10.1. The lowest BCUT2D eigenvalue weighted by Gasteiger charge is -2.33. The number of aromatic nitrogens is 5. The summed E-state index contributed by atoms with van der Waals surface area (Å²) in [6.45, 7) is 2.75. The molecule has 0 radical (unpaired) electrons. The number of nitrogens with zero attached hydrogens (tertiary/aromatic N) is 6. The molecule has 3 heterocycles. The molecule has 2 aliphatic rings. The van der Waals surface area contributed by atoms with E-state index in [2.05, 4.69) is 34.8 Å². The minimum absolute atomic E-state index is 0.113. The van der Waals surface area contributed by atoms with Crippen LogP contribution < -0.4 is 10.2 Å². The second-order valence-corrected chi connectivity index (χ2v) is 7.58. The number of rotatable bonds is 4.